The first-order valence-corrected chi connectivity index (χ1v) is 6.49. The highest BCUT2D eigenvalue weighted by Gasteiger charge is 2.13. The molecule has 5 heteroatoms. The van der Waals surface area contributed by atoms with E-state index in [9.17, 15) is 0 Å². The van der Waals surface area contributed by atoms with Crippen LogP contribution in [0.4, 0.5) is 0 Å². The number of fused-ring (bicyclic) bond motifs is 1. The number of nitrogens with one attached hydrogen (secondary N) is 1. The molecule has 0 aliphatic carbocycles. The summed E-state index contributed by atoms with van der Waals surface area (Å²) >= 11 is 0. The zero-order chi connectivity index (χ0) is 13.4. The summed E-state index contributed by atoms with van der Waals surface area (Å²) in [5, 5.41) is 6.81. The lowest BCUT2D eigenvalue weighted by Gasteiger charge is -2.05. The Bertz CT molecular complexity index is 752. The van der Waals surface area contributed by atoms with Crippen LogP contribution < -0.4 is 4.74 Å². The van der Waals surface area contributed by atoms with Gasteiger partial charge in [-0.1, -0.05) is 0 Å². The third-order valence-corrected chi connectivity index (χ3v) is 3.38. The van der Waals surface area contributed by atoms with Crippen molar-refractivity contribution in [3.63, 3.8) is 0 Å². The lowest BCUT2D eigenvalue weighted by molar-refractivity contribution is 0.357. The molecule has 0 atom stereocenters. The van der Waals surface area contributed by atoms with E-state index in [4.69, 9.17) is 4.74 Å². The van der Waals surface area contributed by atoms with Crippen LogP contribution in [0.3, 0.4) is 0 Å². The first-order valence-electron chi connectivity index (χ1n) is 6.49. The van der Waals surface area contributed by atoms with Crippen LogP contribution in [0.5, 0.6) is 5.75 Å². The molecular weight excluding hydrogens is 252 g/mol. The van der Waals surface area contributed by atoms with Crippen LogP contribution in [-0.4, -0.2) is 26.8 Å². The molecule has 4 rings (SSSR count). The zero-order valence-corrected chi connectivity index (χ0v) is 10.7. The van der Waals surface area contributed by atoms with Crippen molar-refractivity contribution >= 4 is 0 Å². The van der Waals surface area contributed by atoms with Crippen molar-refractivity contribution in [2.45, 2.75) is 6.42 Å². The minimum absolute atomic E-state index is 0.650. The highest BCUT2D eigenvalue weighted by molar-refractivity contribution is 5.64. The second-order valence-electron chi connectivity index (χ2n) is 4.66. The van der Waals surface area contributed by atoms with Gasteiger partial charge in [-0.25, -0.2) is 9.97 Å². The van der Waals surface area contributed by atoms with Gasteiger partial charge in [-0.05, 0) is 35.9 Å². The smallest absolute Gasteiger partial charge is 0.178 e. The number of H-pyrrole nitrogens is 1. The Hall–Kier alpha value is -2.69. The van der Waals surface area contributed by atoms with Gasteiger partial charge in [0.05, 0.1) is 12.3 Å². The Labute approximate surface area is 115 Å². The summed E-state index contributed by atoms with van der Waals surface area (Å²) in [6.07, 6.45) is 4.42. The normalized spacial score (nSPS) is 13.0. The van der Waals surface area contributed by atoms with Crippen LogP contribution >= 0.6 is 0 Å². The van der Waals surface area contributed by atoms with Crippen LogP contribution in [-0.2, 0) is 6.42 Å². The van der Waals surface area contributed by atoms with Gasteiger partial charge < -0.3 is 4.74 Å². The monoisotopic (exact) mass is 264 g/mol. The van der Waals surface area contributed by atoms with Gasteiger partial charge in [-0.2, -0.15) is 5.10 Å². The maximum absolute atomic E-state index is 5.53. The largest absolute Gasteiger partial charge is 0.493 e. The van der Waals surface area contributed by atoms with E-state index in [0.717, 1.165) is 35.7 Å². The molecule has 1 N–H and O–H groups in total. The molecule has 0 unspecified atom stereocenters. The summed E-state index contributed by atoms with van der Waals surface area (Å²) in [6, 6.07) is 9.95. The number of hydrogen-bond donors (Lipinski definition) is 1. The van der Waals surface area contributed by atoms with Crippen molar-refractivity contribution in [2.75, 3.05) is 6.61 Å². The van der Waals surface area contributed by atoms with Gasteiger partial charge in [0.15, 0.2) is 5.82 Å². The molecule has 98 valence electrons. The minimum atomic E-state index is 0.650. The van der Waals surface area contributed by atoms with Crippen molar-refractivity contribution in [1.29, 1.82) is 0 Å². The van der Waals surface area contributed by atoms with Gasteiger partial charge in [0, 0.05) is 24.4 Å². The molecule has 3 heterocycles. The first kappa shape index (κ1) is 11.2. The van der Waals surface area contributed by atoms with Gasteiger partial charge in [0.25, 0.3) is 0 Å². The molecule has 0 saturated carbocycles. The average Bonchev–Trinajstić information content (AvgIpc) is 3.18. The Morgan fingerprint density at radius 1 is 1.10 bits per heavy atom. The number of rotatable bonds is 2. The van der Waals surface area contributed by atoms with Gasteiger partial charge in [0.1, 0.15) is 11.4 Å². The fourth-order valence-corrected chi connectivity index (χ4v) is 2.38. The van der Waals surface area contributed by atoms with Crippen LogP contribution in [0.1, 0.15) is 5.56 Å². The Balaban J connectivity index is 1.77. The Kier molecular flexibility index (Phi) is 2.48. The van der Waals surface area contributed by atoms with Crippen molar-refractivity contribution in [3.8, 4) is 28.5 Å². The van der Waals surface area contributed by atoms with Crippen molar-refractivity contribution in [3.05, 3.63) is 48.3 Å². The molecule has 0 amide bonds. The summed E-state index contributed by atoms with van der Waals surface area (Å²) in [5.41, 5.74) is 4.04. The predicted octanol–water partition coefficient (Wildman–Crippen LogP) is 2.47. The van der Waals surface area contributed by atoms with E-state index in [1.807, 2.05) is 24.3 Å². The molecule has 1 aromatic carbocycles. The predicted molar refractivity (Wildman–Crippen MR) is 74.2 cm³/mol. The van der Waals surface area contributed by atoms with Crippen LogP contribution in [0, 0.1) is 0 Å². The maximum atomic E-state index is 5.53. The van der Waals surface area contributed by atoms with Crippen LogP contribution in [0.25, 0.3) is 22.8 Å². The highest BCUT2D eigenvalue weighted by atomic mass is 16.5. The van der Waals surface area contributed by atoms with E-state index >= 15 is 0 Å². The second-order valence-corrected chi connectivity index (χ2v) is 4.66. The maximum Gasteiger partial charge on any atom is 0.178 e. The minimum Gasteiger partial charge on any atom is -0.493 e. The fraction of sp³-hybridized carbons (Fsp3) is 0.133. The molecule has 3 aromatic rings. The number of nitrogens with zero attached hydrogens (tertiary/aromatic N) is 3. The summed E-state index contributed by atoms with van der Waals surface area (Å²) in [6.45, 7) is 0.766. The van der Waals surface area contributed by atoms with E-state index in [2.05, 4.69) is 26.2 Å². The van der Waals surface area contributed by atoms with Crippen molar-refractivity contribution < 1.29 is 4.74 Å². The molecule has 0 bridgehead atoms. The summed E-state index contributed by atoms with van der Waals surface area (Å²) < 4.78 is 5.53. The van der Waals surface area contributed by atoms with E-state index < -0.39 is 0 Å². The third-order valence-electron chi connectivity index (χ3n) is 3.38. The van der Waals surface area contributed by atoms with E-state index in [1.165, 1.54) is 5.56 Å². The Morgan fingerprint density at radius 2 is 2.10 bits per heavy atom. The molecule has 0 radical (unpaired) electrons. The number of hydrogen-bond acceptors (Lipinski definition) is 4. The second kappa shape index (κ2) is 4.45. The Morgan fingerprint density at radius 3 is 3.00 bits per heavy atom. The zero-order valence-electron chi connectivity index (χ0n) is 10.7. The number of ether oxygens (including phenoxy) is 1. The standard InChI is InChI=1S/C15H12N4O/c1-2-14-11(5-8-20-14)9-10(1)12-3-6-16-15(18-12)13-4-7-17-19-13/h1-4,6-7,9H,5,8H2,(H,17,19). The molecule has 20 heavy (non-hydrogen) atoms. The molecule has 1 aliphatic rings. The van der Waals surface area contributed by atoms with E-state index in [0.29, 0.717) is 5.82 Å². The summed E-state index contributed by atoms with van der Waals surface area (Å²) in [5.74, 6) is 1.63. The van der Waals surface area contributed by atoms with E-state index in [1.54, 1.807) is 12.4 Å². The SMILES string of the molecule is c1cc(-c2nccc(-c3ccc4c(c3)CCO4)n2)[nH]n1. The molecule has 5 nitrogen and oxygen atoms in total. The lowest BCUT2D eigenvalue weighted by atomic mass is 10.1. The number of aromatic amines is 1. The first-order chi connectivity index (χ1) is 9.90. The van der Waals surface area contributed by atoms with Gasteiger partial charge in [-0.15, -0.1) is 0 Å². The molecule has 0 saturated heterocycles. The molecule has 0 spiro atoms. The highest BCUT2D eigenvalue weighted by Crippen LogP contribution is 2.30. The van der Waals surface area contributed by atoms with Crippen molar-refractivity contribution in [2.24, 2.45) is 0 Å². The molecule has 1 aliphatic heterocycles. The quantitative estimate of drug-likeness (QED) is 0.772. The van der Waals surface area contributed by atoms with Crippen LogP contribution in [0.2, 0.25) is 0 Å². The number of aromatic nitrogens is 4. The van der Waals surface area contributed by atoms with Gasteiger partial charge in [-0.3, -0.25) is 5.10 Å². The third kappa shape index (κ3) is 1.84. The van der Waals surface area contributed by atoms with Gasteiger partial charge >= 0.3 is 0 Å². The molecular formula is C15H12N4O. The van der Waals surface area contributed by atoms with E-state index in [-0.39, 0.29) is 0 Å². The summed E-state index contributed by atoms with van der Waals surface area (Å²) in [4.78, 5) is 8.86. The number of benzene rings is 1. The van der Waals surface area contributed by atoms with Gasteiger partial charge in [0.2, 0.25) is 0 Å². The fourth-order valence-electron chi connectivity index (χ4n) is 2.38. The topological polar surface area (TPSA) is 63.7 Å². The molecule has 0 fully saturated rings. The lowest BCUT2D eigenvalue weighted by Crippen LogP contribution is -1.92. The van der Waals surface area contributed by atoms with Crippen molar-refractivity contribution in [1.82, 2.24) is 20.2 Å². The molecule has 2 aromatic heterocycles. The summed E-state index contributed by atoms with van der Waals surface area (Å²) in [7, 11) is 0. The average molecular weight is 264 g/mol. The van der Waals surface area contributed by atoms with Crippen LogP contribution in [0.15, 0.2) is 42.7 Å².